The molecule has 0 spiro atoms. The van der Waals surface area contributed by atoms with Crippen molar-refractivity contribution < 1.29 is 14.3 Å². The number of nitrogens with one attached hydrogen (secondary N) is 1. The second-order valence-electron chi connectivity index (χ2n) is 5.70. The van der Waals surface area contributed by atoms with Crippen LogP contribution >= 0.6 is 11.8 Å². The van der Waals surface area contributed by atoms with Gasteiger partial charge in [0.05, 0.1) is 6.26 Å². The molecule has 0 saturated carbocycles. The average molecular weight is 333 g/mol. The van der Waals surface area contributed by atoms with Crippen LogP contribution in [0.25, 0.3) is 0 Å². The number of benzene rings is 1. The van der Waals surface area contributed by atoms with E-state index >= 15 is 0 Å². The molecule has 2 rings (SSSR count). The first kappa shape index (κ1) is 17.6. The summed E-state index contributed by atoms with van der Waals surface area (Å²) >= 11 is 1.67. The van der Waals surface area contributed by atoms with Crippen LogP contribution in [0.4, 0.5) is 0 Å². The first-order valence-electron chi connectivity index (χ1n) is 7.76. The van der Waals surface area contributed by atoms with Crippen molar-refractivity contribution in [3.05, 3.63) is 54.5 Å². The molecule has 124 valence electrons. The molecule has 0 bridgehead atoms. The van der Waals surface area contributed by atoms with Gasteiger partial charge in [0.15, 0.2) is 0 Å². The number of carbonyl (C=O) groups excluding carboxylic acids is 1. The van der Waals surface area contributed by atoms with Crippen LogP contribution in [0, 0.1) is 5.92 Å². The van der Waals surface area contributed by atoms with Crippen LogP contribution in [0.1, 0.15) is 32.1 Å². The van der Waals surface area contributed by atoms with Gasteiger partial charge in [-0.3, -0.25) is 4.79 Å². The lowest BCUT2D eigenvalue weighted by molar-refractivity contribution is -0.124. The monoisotopic (exact) mass is 333 g/mol. The summed E-state index contributed by atoms with van der Waals surface area (Å²) in [5.74, 6) is 1.17. The minimum Gasteiger partial charge on any atom is -0.467 e. The molecule has 2 aromatic rings. The maximum absolute atomic E-state index is 12.2. The molecule has 1 heterocycles. The van der Waals surface area contributed by atoms with E-state index in [1.54, 1.807) is 23.9 Å². The molecule has 2 N–H and O–H groups in total. The van der Waals surface area contributed by atoms with Crippen LogP contribution in [-0.2, 0) is 4.79 Å². The van der Waals surface area contributed by atoms with Crippen molar-refractivity contribution in [1.82, 2.24) is 5.32 Å². The molecule has 0 radical (unpaired) electrons. The van der Waals surface area contributed by atoms with Crippen molar-refractivity contribution >= 4 is 17.7 Å². The summed E-state index contributed by atoms with van der Waals surface area (Å²) in [6, 6.07) is 13.4. The van der Waals surface area contributed by atoms with Crippen LogP contribution in [-0.4, -0.2) is 22.8 Å². The highest BCUT2D eigenvalue weighted by Crippen LogP contribution is 2.21. The Bertz CT molecular complexity index is 586. The van der Waals surface area contributed by atoms with E-state index in [0.29, 0.717) is 12.2 Å². The van der Waals surface area contributed by atoms with E-state index in [0.717, 1.165) is 10.6 Å². The van der Waals surface area contributed by atoms with Gasteiger partial charge in [0.2, 0.25) is 5.91 Å². The Labute approximate surface area is 141 Å². The molecule has 0 aliphatic rings. The molecule has 1 aromatic carbocycles. The number of amides is 1. The molecule has 0 aliphatic carbocycles. The SMILES string of the molecule is CC(CC(O)c1ccco1)NC(=O)C(C)CSc1ccccc1. The summed E-state index contributed by atoms with van der Waals surface area (Å²) in [6.45, 7) is 3.81. The topological polar surface area (TPSA) is 62.5 Å². The Balaban J connectivity index is 1.74. The van der Waals surface area contributed by atoms with Gasteiger partial charge < -0.3 is 14.8 Å². The Kier molecular flexibility index (Phi) is 6.74. The molecule has 1 aromatic heterocycles. The third-order valence-corrected chi connectivity index (χ3v) is 4.80. The molecule has 3 unspecified atom stereocenters. The molecule has 1 amide bonds. The lowest BCUT2D eigenvalue weighted by Crippen LogP contribution is -2.38. The Morgan fingerprint density at radius 2 is 1.96 bits per heavy atom. The number of thioether (sulfide) groups is 1. The first-order valence-corrected chi connectivity index (χ1v) is 8.74. The van der Waals surface area contributed by atoms with Crippen molar-refractivity contribution in [3.63, 3.8) is 0 Å². The summed E-state index contributed by atoms with van der Waals surface area (Å²) in [5.41, 5.74) is 0. The lowest BCUT2D eigenvalue weighted by Gasteiger charge is -2.19. The molecular weight excluding hydrogens is 310 g/mol. The van der Waals surface area contributed by atoms with E-state index in [2.05, 4.69) is 5.32 Å². The number of aliphatic hydroxyl groups excluding tert-OH is 1. The zero-order valence-electron chi connectivity index (χ0n) is 13.4. The Morgan fingerprint density at radius 3 is 2.61 bits per heavy atom. The van der Waals surface area contributed by atoms with Gasteiger partial charge in [-0.1, -0.05) is 25.1 Å². The summed E-state index contributed by atoms with van der Waals surface area (Å²) in [4.78, 5) is 13.4. The minimum atomic E-state index is -0.700. The lowest BCUT2D eigenvalue weighted by atomic mass is 10.1. The summed E-state index contributed by atoms with van der Waals surface area (Å²) < 4.78 is 5.17. The standard InChI is InChI=1S/C18H23NO3S/c1-13(12-23-15-7-4-3-5-8-15)18(21)19-14(2)11-16(20)17-9-6-10-22-17/h3-10,13-14,16,20H,11-12H2,1-2H3,(H,19,21). The van der Waals surface area contributed by atoms with Gasteiger partial charge in [-0.15, -0.1) is 11.8 Å². The molecule has 4 nitrogen and oxygen atoms in total. The van der Waals surface area contributed by atoms with Gasteiger partial charge in [-0.25, -0.2) is 0 Å². The van der Waals surface area contributed by atoms with Crippen LogP contribution in [0.15, 0.2) is 58.0 Å². The van der Waals surface area contributed by atoms with Crippen LogP contribution in [0.5, 0.6) is 0 Å². The smallest absolute Gasteiger partial charge is 0.223 e. The molecular formula is C18H23NO3S. The van der Waals surface area contributed by atoms with Gasteiger partial charge in [0.1, 0.15) is 11.9 Å². The van der Waals surface area contributed by atoms with E-state index in [1.807, 2.05) is 44.2 Å². The fourth-order valence-corrected chi connectivity index (χ4v) is 3.13. The highest BCUT2D eigenvalue weighted by atomic mass is 32.2. The number of carbonyl (C=O) groups is 1. The third-order valence-electron chi connectivity index (χ3n) is 3.53. The van der Waals surface area contributed by atoms with Crippen LogP contribution < -0.4 is 5.32 Å². The zero-order valence-corrected chi connectivity index (χ0v) is 14.3. The average Bonchev–Trinajstić information content (AvgIpc) is 3.08. The number of rotatable bonds is 8. The van der Waals surface area contributed by atoms with E-state index in [4.69, 9.17) is 4.42 Å². The second kappa shape index (κ2) is 8.79. The highest BCUT2D eigenvalue weighted by molar-refractivity contribution is 7.99. The molecule has 5 heteroatoms. The summed E-state index contributed by atoms with van der Waals surface area (Å²) in [5, 5.41) is 13.0. The predicted octanol–water partition coefficient (Wildman–Crippen LogP) is 3.64. The van der Waals surface area contributed by atoms with Crippen LogP contribution in [0.3, 0.4) is 0 Å². The van der Waals surface area contributed by atoms with Crippen molar-refractivity contribution in [3.8, 4) is 0 Å². The van der Waals surface area contributed by atoms with Crippen LogP contribution in [0.2, 0.25) is 0 Å². The molecule has 0 saturated heterocycles. The van der Waals surface area contributed by atoms with Gasteiger partial charge in [-0.05, 0) is 31.2 Å². The molecule has 0 aliphatic heterocycles. The quantitative estimate of drug-likeness (QED) is 0.724. The molecule has 0 fully saturated rings. The van der Waals surface area contributed by atoms with Crippen molar-refractivity contribution in [2.45, 2.75) is 37.3 Å². The fraction of sp³-hybridized carbons (Fsp3) is 0.389. The Hall–Kier alpha value is -1.72. The second-order valence-corrected chi connectivity index (χ2v) is 6.80. The summed E-state index contributed by atoms with van der Waals surface area (Å²) in [6.07, 6.45) is 1.26. The molecule has 3 atom stereocenters. The number of hydrogen-bond acceptors (Lipinski definition) is 4. The molecule has 23 heavy (non-hydrogen) atoms. The normalized spacial score (nSPS) is 14.9. The largest absolute Gasteiger partial charge is 0.467 e. The Morgan fingerprint density at radius 1 is 1.22 bits per heavy atom. The van der Waals surface area contributed by atoms with Gasteiger partial charge in [0, 0.05) is 29.0 Å². The van der Waals surface area contributed by atoms with E-state index in [9.17, 15) is 9.90 Å². The third kappa shape index (κ3) is 5.77. The number of hydrogen-bond donors (Lipinski definition) is 2. The highest BCUT2D eigenvalue weighted by Gasteiger charge is 2.19. The van der Waals surface area contributed by atoms with Crippen molar-refractivity contribution in [2.75, 3.05) is 5.75 Å². The predicted molar refractivity (Wildman–Crippen MR) is 92.2 cm³/mol. The van der Waals surface area contributed by atoms with Crippen molar-refractivity contribution in [1.29, 1.82) is 0 Å². The van der Waals surface area contributed by atoms with E-state index < -0.39 is 6.10 Å². The maximum Gasteiger partial charge on any atom is 0.223 e. The van der Waals surface area contributed by atoms with E-state index in [-0.39, 0.29) is 17.9 Å². The van der Waals surface area contributed by atoms with Gasteiger partial charge in [0.25, 0.3) is 0 Å². The van der Waals surface area contributed by atoms with Crippen molar-refractivity contribution in [2.24, 2.45) is 5.92 Å². The maximum atomic E-state index is 12.2. The first-order chi connectivity index (χ1) is 11.1. The minimum absolute atomic E-state index is 0.00701. The number of furan rings is 1. The fourth-order valence-electron chi connectivity index (χ4n) is 2.19. The van der Waals surface area contributed by atoms with Gasteiger partial charge >= 0.3 is 0 Å². The number of aliphatic hydroxyl groups is 1. The summed E-state index contributed by atoms with van der Waals surface area (Å²) in [7, 11) is 0. The van der Waals surface area contributed by atoms with E-state index in [1.165, 1.54) is 6.26 Å². The van der Waals surface area contributed by atoms with Gasteiger partial charge in [-0.2, -0.15) is 0 Å². The zero-order chi connectivity index (χ0) is 16.7.